The van der Waals surface area contributed by atoms with Crippen molar-refractivity contribution in [3.8, 4) is 0 Å². The number of nitrogens with one attached hydrogen (secondary N) is 1. The molecule has 3 aromatic rings. The fraction of sp³-hybridized carbons (Fsp3) is 0.292. The van der Waals surface area contributed by atoms with Gasteiger partial charge in [-0.05, 0) is 42.3 Å². The van der Waals surface area contributed by atoms with Gasteiger partial charge in [0, 0.05) is 13.1 Å². The van der Waals surface area contributed by atoms with Gasteiger partial charge in [-0.15, -0.1) is 0 Å². The smallest absolute Gasteiger partial charge is 0.436 e. The Morgan fingerprint density at radius 1 is 1.03 bits per heavy atom. The number of hydrogen-bond acceptors (Lipinski definition) is 4. The first-order valence-corrected chi connectivity index (χ1v) is 11.1. The lowest BCUT2D eigenvalue weighted by Crippen LogP contribution is -2.31. The standard InChI is InChI=1S/C24H19F7N4O3/c1-12(14-4-7-16(22(37)38)17(25)10-14)32-20(36)18-19(24(29,30)31)33-35-9-8-34(21(18)35)11-13-2-5-15(6-3-13)23(26,27)28/h2-7,10,12H,8-9,11H2,1H3,(H,32,36)(H,37,38). The fourth-order valence-corrected chi connectivity index (χ4v) is 4.16. The number of carbonyl (C=O) groups is 2. The number of aromatic carboxylic acids is 1. The van der Waals surface area contributed by atoms with Crippen LogP contribution in [0.2, 0.25) is 0 Å². The second-order valence-electron chi connectivity index (χ2n) is 8.62. The molecular formula is C24H19F7N4O3. The first-order valence-electron chi connectivity index (χ1n) is 11.1. The first kappa shape index (κ1) is 26.9. The molecular weight excluding hydrogens is 525 g/mol. The molecule has 0 bridgehead atoms. The van der Waals surface area contributed by atoms with Gasteiger partial charge in [0.05, 0.1) is 23.7 Å². The zero-order valence-electron chi connectivity index (χ0n) is 19.5. The van der Waals surface area contributed by atoms with Gasteiger partial charge in [0.25, 0.3) is 5.91 Å². The van der Waals surface area contributed by atoms with E-state index in [0.29, 0.717) is 5.56 Å². The molecule has 0 aliphatic carbocycles. The Kier molecular flexibility index (Phi) is 6.84. The highest BCUT2D eigenvalue weighted by Crippen LogP contribution is 2.39. The third kappa shape index (κ3) is 5.29. The Balaban J connectivity index is 1.63. The number of benzene rings is 2. The van der Waals surface area contributed by atoms with Crippen molar-refractivity contribution < 1.29 is 45.4 Å². The van der Waals surface area contributed by atoms with E-state index in [2.05, 4.69) is 10.4 Å². The summed E-state index contributed by atoms with van der Waals surface area (Å²) in [7, 11) is 0. The highest BCUT2D eigenvalue weighted by Gasteiger charge is 2.44. The zero-order valence-corrected chi connectivity index (χ0v) is 19.5. The van der Waals surface area contributed by atoms with Gasteiger partial charge in [-0.1, -0.05) is 18.2 Å². The number of aromatic nitrogens is 2. The third-order valence-electron chi connectivity index (χ3n) is 6.03. The summed E-state index contributed by atoms with van der Waals surface area (Å²) in [6, 6.07) is 6.15. The van der Waals surface area contributed by atoms with Gasteiger partial charge in [0.2, 0.25) is 0 Å². The number of carboxylic acids is 1. The van der Waals surface area contributed by atoms with Crippen LogP contribution in [0, 0.1) is 5.82 Å². The van der Waals surface area contributed by atoms with Gasteiger partial charge < -0.3 is 15.3 Å². The molecule has 1 aliphatic rings. The molecule has 1 atom stereocenters. The van der Waals surface area contributed by atoms with Crippen LogP contribution in [0.15, 0.2) is 42.5 Å². The molecule has 1 unspecified atom stereocenters. The number of carboxylic acid groups (broad SMARTS) is 1. The minimum Gasteiger partial charge on any atom is -0.478 e. The summed E-state index contributed by atoms with van der Waals surface area (Å²) >= 11 is 0. The van der Waals surface area contributed by atoms with Crippen LogP contribution in [-0.2, 0) is 25.4 Å². The second-order valence-corrected chi connectivity index (χ2v) is 8.62. The van der Waals surface area contributed by atoms with Crippen LogP contribution < -0.4 is 10.2 Å². The summed E-state index contributed by atoms with van der Waals surface area (Å²) in [5.41, 5.74) is -3.23. The largest absolute Gasteiger partial charge is 0.478 e. The van der Waals surface area contributed by atoms with Crippen molar-refractivity contribution >= 4 is 17.7 Å². The van der Waals surface area contributed by atoms with Gasteiger partial charge in [-0.25, -0.2) is 13.9 Å². The molecule has 0 saturated heterocycles. The van der Waals surface area contributed by atoms with Crippen LogP contribution >= 0.6 is 0 Å². The molecule has 2 aromatic carbocycles. The number of halogens is 7. The minimum atomic E-state index is -5.00. The predicted octanol–water partition coefficient (Wildman–Crippen LogP) is 5.27. The second kappa shape index (κ2) is 9.65. The Labute approximate surface area is 210 Å². The summed E-state index contributed by atoms with van der Waals surface area (Å²) in [6.45, 7) is 1.45. The summed E-state index contributed by atoms with van der Waals surface area (Å²) in [5.74, 6) is -3.91. The average molecular weight is 544 g/mol. The Hall–Kier alpha value is -4.10. The lowest BCUT2D eigenvalue weighted by atomic mass is 10.0. The van der Waals surface area contributed by atoms with Crippen molar-refractivity contribution in [1.82, 2.24) is 15.1 Å². The van der Waals surface area contributed by atoms with Gasteiger partial charge in [-0.2, -0.15) is 31.4 Å². The van der Waals surface area contributed by atoms with E-state index in [1.54, 1.807) is 0 Å². The minimum absolute atomic E-state index is 0.00371. The maximum absolute atomic E-state index is 14.1. The number of amides is 1. The number of hydrogen-bond donors (Lipinski definition) is 2. The van der Waals surface area contributed by atoms with E-state index in [0.717, 1.165) is 28.9 Å². The van der Waals surface area contributed by atoms with E-state index in [1.165, 1.54) is 30.0 Å². The molecule has 1 amide bonds. The molecule has 38 heavy (non-hydrogen) atoms. The molecule has 0 spiro atoms. The van der Waals surface area contributed by atoms with E-state index < -0.39 is 58.5 Å². The lowest BCUT2D eigenvalue weighted by Gasteiger charge is -2.21. The molecule has 1 aliphatic heterocycles. The maximum Gasteiger partial charge on any atom is 0.436 e. The molecule has 7 nitrogen and oxygen atoms in total. The number of nitrogens with zero attached hydrogens (tertiary/aromatic N) is 3. The normalized spacial score (nSPS) is 14.4. The third-order valence-corrected chi connectivity index (χ3v) is 6.03. The van der Waals surface area contributed by atoms with Crippen LogP contribution in [0.4, 0.5) is 36.6 Å². The van der Waals surface area contributed by atoms with Crippen molar-refractivity contribution in [2.24, 2.45) is 0 Å². The Bertz CT molecular complexity index is 1380. The maximum atomic E-state index is 14.1. The molecule has 14 heteroatoms. The van der Waals surface area contributed by atoms with Gasteiger partial charge in [0.15, 0.2) is 5.69 Å². The number of alkyl halides is 6. The van der Waals surface area contributed by atoms with Crippen LogP contribution in [0.25, 0.3) is 0 Å². The number of anilines is 1. The molecule has 0 saturated carbocycles. The molecule has 2 N–H and O–H groups in total. The Morgan fingerprint density at radius 2 is 1.68 bits per heavy atom. The van der Waals surface area contributed by atoms with Gasteiger partial charge >= 0.3 is 18.3 Å². The Morgan fingerprint density at radius 3 is 2.24 bits per heavy atom. The van der Waals surface area contributed by atoms with E-state index in [1.807, 2.05) is 0 Å². The highest BCUT2D eigenvalue weighted by molar-refractivity contribution is 6.01. The van der Waals surface area contributed by atoms with Crippen molar-refractivity contribution in [3.63, 3.8) is 0 Å². The summed E-state index contributed by atoms with van der Waals surface area (Å²) in [4.78, 5) is 25.6. The van der Waals surface area contributed by atoms with Crippen LogP contribution in [0.1, 0.15) is 56.1 Å². The predicted molar refractivity (Wildman–Crippen MR) is 119 cm³/mol. The van der Waals surface area contributed by atoms with Crippen LogP contribution in [-0.4, -0.2) is 33.3 Å². The highest BCUT2D eigenvalue weighted by atomic mass is 19.4. The van der Waals surface area contributed by atoms with E-state index >= 15 is 0 Å². The summed E-state index contributed by atoms with van der Waals surface area (Å²) < 4.78 is 95.1. The monoisotopic (exact) mass is 544 g/mol. The molecule has 1 aromatic heterocycles. The summed E-state index contributed by atoms with van der Waals surface area (Å²) in [6.07, 6.45) is -9.55. The SMILES string of the molecule is CC(NC(=O)c1c(C(F)(F)F)nn2c1N(Cc1ccc(C(F)(F)F)cc1)CC2)c1ccc(C(=O)O)c(F)c1. The van der Waals surface area contributed by atoms with E-state index in [4.69, 9.17) is 5.11 Å². The number of carbonyl (C=O) groups excluding carboxylic acids is 1. The fourth-order valence-electron chi connectivity index (χ4n) is 4.16. The van der Waals surface area contributed by atoms with Gasteiger partial charge in [0.1, 0.15) is 17.2 Å². The van der Waals surface area contributed by atoms with Crippen molar-refractivity contribution in [2.75, 3.05) is 11.4 Å². The van der Waals surface area contributed by atoms with Crippen LogP contribution in [0.3, 0.4) is 0 Å². The summed E-state index contributed by atoms with van der Waals surface area (Å²) in [5, 5.41) is 14.9. The van der Waals surface area contributed by atoms with Crippen molar-refractivity contribution in [1.29, 1.82) is 0 Å². The molecule has 2 heterocycles. The van der Waals surface area contributed by atoms with E-state index in [9.17, 15) is 40.3 Å². The van der Waals surface area contributed by atoms with Crippen molar-refractivity contribution in [2.45, 2.75) is 38.4 Å². The molecule has 4 rings (SSSR count). The molecule has 0 fully saturated rings. The van der Waals surface area contributed by atoms with Crippen molar-refractivity contribution in [3.05, 3.63) is 81.8 Å². The van der Waals surface area contributed by atoms with E-state index in [-0.39, 0.29) is 31.0 Å². The van der Waals surface area contributed by atoms with Crippen LogP contribution in [0.5, 0.6) is 0 Å². The zero-order chi connectivity index (χ0) is 28.0. The molecule has 0 radical (unpaired) electrons. The quantitative estimate of drug-likeness (QED) is 0.413. The number of rotatable bonds is 6. The first-order chi connectivity index (χ1) is 17.7. The lowest BCUT2D eigenvalue weighted by molar-refractivity contribution is -0.142. The molecule has 202 valence electrons. The van der Waals surface area contributed by atoms with Gasteiger partial charge in [-0.3, -0.25) is 4.79 Å². The number of fused-ring (bicyclic) bond motifs is 1. The topological polar surface area (TPSA) is 87.5 Å². The average Bonchev–Trinajstić information content (AvgIpc) is 3.38.